The van der Waals surface area contributed by atoms with Gasteiger partial charge < -0.3 is 20.1 Å². The maximum atomic E-state index is 5.90. The van der Waals surface area contributed by atoms with Crippen LogP contribution in [0.5, 0.6) is 11.5 Å². The Labute approximate surface area is 134 Å². The van der Waals surface area contributed by atoms with Crippen molar-refractivity contribution in [3.05, 3.63) is 24.3 Å². The first-order chi connectivity index (χ1) is 10.6. The second-order valence-electron chi connectivity index (χ2n) is 5.64. The van der Waals surface area contributed by atoms with Crippen LogP contribution in [0.25, 0.3) is 0 Å². The van der Waals surface area contributed by atoms with Gasteiger partial charge in [-0.05, 0) is 31.4 Å². The number of para-hydroxylation sites is 2. The van der Waals surface area contributed by atoms with E-state index in [4.69, 9.17) is 9.47 Å². The van der Waals surface area contributed by atoms with Gasteiger partial charge in [-0.15, -0.1) is 0 Å². The lowest BCUT2D eigenvalue weighted by Gasteiger charge is -2.19. The monoisotopic (exact) mass is 307 g/mol. The fourth-order valence-corrected chi connectivity index (χ4v) is 1.91. The molecule has 1 aromatic rings. The lowest BCUT2D eigenvalue weighted by Crippen LogP contribution is -2.42. The van der Waals surface area contributed by atoms with Gasteiger partial charge in [-0.25, -0.2) is 0 Å². The molecule has 0 amide bonds. The standard InChI is InChI=1S/C17H29N3O2/c1-13(2)10-11-19-17(18-4)20-12-14(3)22-16-9-7-6-8-15(16)21-5/h6-9,13-14H,10-12H2,1-5H3,(H2,18,19,20). The molecular formula is C17H29N3O2. The number of rotatable bonds is 8. The number of guanidine groups is 1. The number of nitrogens with one attached hydrogen (secondary N) is 2. The highest BCUT2D eigenvalue weighted by atomic mass is 16.5. The molecule has 0 spiro atoms. The molecule has 1 rings (SSSR count). The van der Waals surface area contributed by atoms with E-state index in [2.05, 4.69) is 29.5 Å². The van der Waals surface area contributed by atoms with Gasteiger partial charge in [0.25, 0.3) is 0 Å². The summed E-state index contributed by atoms with van der Waals surface area (Å²) in [5.74, 6) is 2.98. The van der Waals surface area contributed by atoms with E-state index >= 15 is 0 Å². The van der Waals surface area contributed by atoms with E-state index in [1.54, 1.807) is 14.2 Å². The summed E-state index contributed by atoms with van der Waals surface area (Å²) in [5, 5.41) is 6.57. The zero-order chi connectivity index (χ0) is 16.4. The summed E-state index contributed by atoms with van der Waals surface area (Å²) in [5.41, 5.74) is 0. The summed E-state index contributed by atoms with van der Waals surface area (Å²) >= 11 is 0. The molecule has 0 radical (unpaired) electrons. The molecule has 0 aliphatic rings. The van der Waals surface area contributed by atoms with Gasteiger partial charge in [0.1, 0.15) is 6.10 Å². The van der Waals surface area contributed by atoms with Crippen LogP contribution >= 0.6 is 0 Å². The number of aliphatic imine (C=N–C) groups is 1. The highest BCUT2D eigenvalue weighted by Crippen LogP contribution is 2.26. The fraction of sp³-hybridized carbons (Fsp3) is 0.588. The average Bonchev–Trinajstić information content (AvgIpc) is 2.50. The molecule has 0 aliphatic carbocycles. The highest BCUT2D eigenvalue weighted by Gasteiger charge is 2.09. The summed E-state index contributed by atoms with van der Waals surface area (Å²) in [4.78, 5) is 4.21. The molecule has 0 fully saturated rings. The Morgan fingerprint density at radius 2 is 1.82 bits per heavy atom. The Morgan fingerprint density at radius 3 is 2.41 bits per heavy atom. The molecule has 5 nitrogen and oxygen atoms in total. The van der Waals surface area contributed by atoms with Gasteiger partial charge >= 0.3 is 0 Å². The number of nitrogens with zero attached hydrogens (tertiary/aromatic N) is 1. The average molecular weight is 307 g/mol. The summed E-state index contributed by atoms with van der Waals surface area (Å²) in [7, 11) is 3.42. The van der Waals surface area contributed by atoms with E-state index < -0.39 is 0 Å². The van der Waals surface area contributed by atoms with Crippen molar-refractivity contribution >= 4 is 5.96 Å². The number of hydrogen-bond acceptors (Lipinski definition) is 3. The highest BCUT2D eigenvalue weighted by molar-refractivity contribution is 5.79. The molecule has 0 saturated heterocycles. The van der Waals surface area contributed by atoms with Crippen molar-refractivity contribution in [1.29, 1.82) is 0 Å². The Balaban J connectivity index is 2.39. The molecule has 1 unspecified atom stereocenters. The van der Waals surface area contributed by atoms with Crippen molar-refractivity contribution in [2.24, 2.45) is 10.9 Å². The molecule has 2 N–H and O–H groups in total. The molecule has 0 aliphatic heterocycles. The Hall–Kier alpha value is -1.91. The van der Waals surface area contributed by atoms with Crippen molar-refractivity contribution in [2.75, 3.05) is 27.2 Å². The van der Waals surface area contributed by atoms with Crippen molar-refractivity contribution < 1.29 is 9.47 Å². The summed E-state index contributed by atoms with van der Waals surface area (Å²) in [6.07, 6.45) is 1.12. The second kappa shape index (κ2) is 9.92. The van der Waals surface area contributed by atoms with Gasteiger partial charge in [0.15, 0.2) is 17.5 Å². The molecule has 0 bridgehead atoms. The smallest absolute Gasteiger partial charge is 0.191 e. The van der Waals surface area contributed by atoms with E-state index in [9.17, 15) is 0 Å². The van der Waals surface area contributed by atoms with Crippen LogP contribution in [-0.2, 0) is 0 Å². The molecule has 1 aromatic carbocycles. The van der Waals surface area contributed by atoms with Crippen molar-refractivity contribution in [2.45, 2.75) is 33.3 Å². The van der Waals surface area contributed by atoms with Gasteiger partial charge in [-0.1, -0.05) is 26.0 Å². The maximum absolute atomic E-state index is 5.90. The van der Waals surface area contributed by atoms with Crippen LogP contribution in [0.3, 0.4) is 0 Å². The molecule has 1 atom stereocenters. The van der Waals surface area contributed by atoms with Gasteiger partial charge in [-0.2, -0.15) is 0 Å². The van der Waals surface area contributed by atoms with Gasteiger partial charge in [0.05, 0.1) is 13.7 Å². The number of hydrogen-bond donors (Lipinski definition) is 2. The van der Waals surface area contributed by atoms with Crippen LogP contribution in [0.2, 0.25) is 0 Å². The van der Waals surface area contributed by atoms with Gasteiger partial charge in [0.2, 0.25) is 0 Å². The second-order valence-corrected chi connectivity index (χ2v) is 5.64. The van der Waals surface area contributed by atoms with E-state index in [0.717, 1.165) is 30.4 Å². The van der Waals surface area contributed by atoms with Crippen molar-refractivity contribution in [3.8, 4) is 11.5 Å². The lowest BCUT2D eigenvalue weighted by atomic mass is 10.1. The van der Waals surface area contributed by atoms with E-state index in [1.165, 1.54) is 0 Å². The topological polar surface area (TPSA) is 54.9 Å². The first-order valence-electron chi connectivity index (χ1n) is 7.81. The summed E-state index contributed by atoms with van der Waals surface area (Å²) in [6, 6.07) is 7.66. The first kappa shape index (κ1) is 18.1. The molecule has 5 heteroatoms. The third-order valence-electron chi connectivity index (χ3n) is 3.19. The third-order valence-corrected chi connectivity index (χ3v) is 3.19. The normalized spacial score (nSPS) is 12.9. The molecule has 124 valence electrons. The third kappa shape index (κ3) is 6.70. The molecular weight excluding hydrogens is 278 g/mol. The minimum atomic E-state index is -0.0000475. The van der Waals surface area contributed by atoms with Crippen molar-refractivity contribution in [1.82, 2.24) is 10.6 Å². The van der Waals surface area contributed by atoms with Crippen LogP contribution in [0.4, 0.5) is 0 Å². The number of ether oxygens (including phenoxy) is 2. The van der Waals surface area contributed by atoms with E-state index in [1.807, 2.05) is 31.2 Å². The largest absolute Gasteiger partial charge is 0.493 e. The maximum Gasteiger partial charge on any atom is 0.191 e. The quantitative estimate of drug-likeness (QED) is 0.573. The molecule has 0 saturated carbocycles. The zero-order valence-electron chi connectivity index (χ0n) is 14.3. The van der Waals surface area contributed by atoms with Crippen LogP contribution in [0.15, 0.2) is 29.3 Å². The van der Waals surface area contributed by atoms with Crippen LogP contribution in [0, 0.1) is 5.92 Å². The molecule has 0 aromatic heterocycles. The fourth-order valence-electron chi connectivity index (χ4n) is 1.91. The SMILES string of the molecule is CN=C(NCCC(C)C)NCC(C)Oc1ccccc1OC. The Morgan fingerprint density at radius 1 is 1.14 bits per heavy atom. The van der Waals surface area contributed by atoms with Crippen LogP contribution < -0.4 is 20.1 Å². The number of methoxy groups -OCH3 is 1. The Kier molecular flexibility index (Phi) is 8.18. The molecule has 0 heterocycles. The van der Waals surface area contributed by atoms with Gasteiger partial charge in [0, 0.05) is 13.6 Å². The summed E-state index contributed by atoms with van der Waals surface area (Å²) < 4.78 is 11.2. The van der Waals surface area contributed by atoms with E-state index in [0.29, 0.717) is 12.5 Å². The van der Waals surface area contributed by atoms with Crippen molar-refractivity contribution in [3.63, 3.8) is 0 Å². The number of benzene rings is 1. The van der Waals surface area contributed by atoms with E-state index in [-0.39, 0.29) is 6.10 Å². The van der Waals surface area contributed by atoms with Crippen LogP contribution in [0.1, 0.15) is 27.2 Å². The predicted octanol–water partition coefficient (Wildman–Crippen LogP) is 2.67. The first-order valence-corrected chi connectivity index (χ1v) is 7.81. The van der Waals surface area contributed by atoms with Crippen LogP contribution in [-0.4, -0.2) is 39.3 Å². The van der Waals surface area contributed by atoms with Gasteiger partial charge in [-0.3, -0.25) is 4.99 Å². The summed E-state index contributed by atoms with van der Waals surface area (Å²) in [6.45, 7) is 8.02. The minimum absolute atomic E-state index is 0.0000475. The lowest BCUT2D eigenvalue weighted by molar-refractivity contribution is 0.213. The Bertz CT molecular complexity index is 461. The zero-order valence-corrected chi connectivity index (χ0v) is 14.3. The molecule has 22 heavy (non-hydrogen) atoms. The predicted molar refractivity (Wildman–Crippen MR) is 91.9 cm³/mol. The minimum Gasteiger partial charge on any atom is -0.493 e.